The van der Waals surface area contributed by atoms with Crippen molar-refractivity contribution in [1.82, 2.24) is 0 Å². The Morgan fingerprint density at radius 1 is 0.769 bits per heavy atom. The van der Waals surface area contributed by atoms with Gasteiger partial charge in [0.1, 0.15) is 4.90 Å². The molecule has 0 saturated carbocycles. The molecule has 0 aliphatic carbocycles. The molecule has 0 heterocycles. The maximum Gasteiger partial charge on any atom is 0.475 e. The number of rotatable bonds is 7. The second-order valence-electron chi connectivity index (χ2n) is 4.28. The molecule has 16 heteroatoms. The lowest BCUT2D eigenvalue weighted by Gasteiger charge is -2.26. The quantitative estimate of drug-likeness (QED) is 0.264. The van der Waals surface area contributed by atoms with Crippen molar-refractivity contribution in [1.29, 1.82) is 0 Å². The Morgan fingerprint density at radius 2 is 1.15 bits per heavy atom. The van der Waals surface area contributed by atoms with E-state index in [0.717, 1.165) is 0 Å². The molecule has 0 N–H and O–H groups in total. The van der Waals surface area contributed by atoms with E-state index in [1.807, 2.05) is 0 Å². The van der Waals surface area contributed by atoms with E-state index >= 15 is 0 Å². The smallest absolute Gasteiger partial charge is 0.423 e. The van der Waals surface area contributed by atoms with Crippen molar-refractivity contribution in [2.45, 2.75) is 26.8 Å². The second kappa shape index (κ2) is 6.92. The van der Waals surface area contributed by atoms with Crippen molar-refractivity contribution in [3.63, 3.8) is 0 Å². The summed E-state index contributed by atoms with van der Waals surface area (Å²) in [6.07, 6.45) is -10.9. The number of ether oxygens (including phenoxy) is 2. The van der Waals surface area contributed by atoms with Crippen LogP contribution in [0, 0.1) is 0 Å². The highest BCUT2D eigenvalue weighted by atomic mass is 79.9. The van der Waals surface area contributed by atoms with Crippen LogP contribution in [-0.2, 0) is 10.2 Å². The molecule has 0 radical (unpaired) electrons. The van der Waals surface area contributed by atoms with E-state index in [1.165, 1.54) is 31.9 Å². The molecule has 4 nitrogen and oxygen atoms in total. The van der Waals surface area contributed by atoms with Gasteiger partial charge in [0, 0.05) is 37.9 Å². The van der Waals surface area contributed by atoms with Gasteiger partial charge in [-0.05, 0) is 12.1 Å². The zero-order chi connectivity index (χ0) is 20.8. The minimum absolute atomic E-state index is 0.0247. The Labute approximate surface area is 155 Å². The minimum atomic E-state index is -5.63. The number of benzene rings is 1. The summed E-state index contributed by atoms with van der Waals surface area (Å²) in [6, 6.07) is -0.0545. The Hall–Kier alpha value is -0.900. The third-order valence-corrected chi connectivity index (χ3v) is 4.07. The normalized spacial score (nSPS) is 14.3. The predicted octanol–water partition coefficient (Wildman–Crippen LogP) is 5.26. The van der Waals surface area contributed by atoms with E-state index in [0.29, 0.717) is 0 Å². The minimum Gasteiger partial charge on any atom is -0.423 e. The monoisotopic (exact) mass is 548 g/mol. The summed E-state index contributed by atoms with van der Waals surface area (Å²) in [5, 5.41) is 0. The topological polar surface area (TPSA) is 52.6 Å². The van der Waals surface area contributed by atoms with Gasteiger partial charge in [-0.1, -0.05) is 0 Å². The fourth-order valence-electron chi connectivity index (χ4n) is 1.20. The fraction of sp³-hybridized carbons (Fsp3) is 0.400. The Bertz CT molecular complexity index is 774. The van der Waals surface area contributed by atoms with Crippen LogP contribution in [0.5, 0.6) is 11.5 Å². The van der Waals surface area contributed by atoms with Gasteiger partial charge in [0.2, 0.25) is 0 Å². The lowest BCUT2D eigenvalue weighted by atomic mass is 10.3. The predicted molar refractivity (Wildman–Crippen MR) is 73.6 cm³/mol. The highest BCUT2D eigenvalue weighted by Gasteiger charge is 2.60. The maximum atomic E-state index is 13.2. The maximum absolute atomic E-state index is 13.2. The summed E-state index contributed by atoms with van der Waals surface area (Å²) in [5.74, 6) is -3.60. The van der Waals surface area contributed by atoms with Crippen LogP contribution in [0.25, 0.3) is 0 Å². The largest absolute Gasteiger partial charge is 0.475 e. The summed E-state index contributed by atoms with van der Waals surface area (Å²) >= 11 is 2.46. The van der Waals surface area contributed by atoms with Crippen LogP contribution < -0.4 is 9.47 Å². The van der Waals surface area contributed by atoms with Gasteiger partial charge in [0.15, 0.2) is 11.5 Å². The van der Waals surface area contributed by atoms with E-state index in [2.05, 4.69) is 9.47 Å². The molecule has 1 aromatic carbocycles. The number of hydrogen-bond acceptors (Lipinski definition) is 4. The van der Waals surface area contributed by atoms with Crippen molar-refractivity contribution in [3.8, 4) is 11.5 Å². The van der Waals surface area contributed by atoms with E-state index in [1.54, 1.807) is 0 Å². The fourth-order valence-corrected chi connectivity index (χ4v) is 1.84. The van der Waals surface area contributed by atoms with Crippen LogP contribution in [0.1, 0.15) is 0 Å². The summed E-state index contributed by atoms with van der Waals surface area (Å²) in [4.78, 5) is -11.6. The molecule has 1 aromatic rings. The van der Waals surface area contributed by atoms with Crippen LogP contribution >= 0.6 is 31.9 Å². The second-order valence-corrected chi connectivity index (χ2v) is 7.62. The average Bonchev–Trinajstić information content (AvgIpc) is 2.36. The molecule has 1 rings (SSSR count). The first kappa shape index (κ1) is 23.1. The van der Waals surface area contributed by atoms with E-state index in [4.69, 9.17) is 0 Å². The van der Waals surface area contributed by atoms with Crippen LogP contribution in [0.2, 0.25) is 0 Å². The molecule has 0 saturated heterocycles. The van der Waals surface area contributed by atoms with E-state index in [-0.39, 0.29) is 18.2 Å². The molecular weight excluding hydrogens is 547 g/mol. The van der Waals surface area contributed by atoms with Gasteiger partial charge >= 0.3 is 32.1 Å². The Balaban J connectivity index is 3.48. The molecule has 0 unspecified atom stereocenters. The molecule has 0 spiro atoms. The zero-order valence-electron chi connectivity index (χ0n) is 11.4. The first-order chi connectivity index (χ1) is 11.3. The van der Waals surface area contributed by atoms with Crippen molar-refractivity contribution < 1.29 is 56.9 Å². The molecular formula is C10H3Br2F9O4S. The van der Waals surface area contributed by atoms with Gasteiger partial charge in [-0.15, -0.1) is 3.89 Å². The lowest BCUT2D eigenvalue weighted by Crippen LogP contribution is -2.42. The molecule has 0 aromatic heterocycles. The molecule has 150 valence electrons. The number of hydrogen-bond donors (Lipinski definition) is 0. The van der Waals surface area contributed by atoms with Crippen molar-refractivity contribution in [2.75, 3.05) is 0 Å². The van der Waals surface area contributed by atoms with Gasteiger partial charge in [-0.3, -0.25) is 0 Å². The summed E-state index contributed by atoms with van der Waals surface area (Å²) in [6.45, 7) is 0. The van der Waals surface area contributed by atoms with Gasteiger partial charge < -0.3 is 9.47 Å². The van der Waals surface area contributed by atoms with Crippen LogP contribution in [0.15, 0.2) is 23.1 Å². The van der Waals surface area contributed by atoms with E-state index < -0.39 is 48.5 Å². The number of alkyl halides is 10. The lowest BCUT2D eigenvalue weighted by molar-refractivity contribution is -0.276. The standard InChI is InChI=1S/C10H3Br2F9O4S/c11-7(13,14)9(17,18)24-5-2-1-4(26(21,22)23)3-6(5)25-10(19,20)8(12,15)16/h1-3H. The Kier molecular flexibility index (Phi) is 6.16. The molecule has 0 bridgehead atoms. The summed E-state index contributed by atoms with van der Waals surface area (Å²) < 4.78 is 145. The highest BCUT2D eigenvalue weighted by molar-refractivity contribution is 9.10. The Morgan fingerprint density at radius 3 is 1.50 bits per heavy atom. The average molecular weight is 550 g/mol. The van der Waals surface area contributed by atoms with Gasteiger partial charge in [0.05, 0.1) is 0 Å². The SMILES string of the molecule is O=S(=O)(F)c1ccc(OC(F)(F)C(F)(F)Br)c(OC(F)(F)C(F)(F)Br)c1. The molecule has 0 atom stereocenters. The van der Waals surface area contributed by atoms with Crippen LogP contribution in [0.3, 0.4) is 0 Å². The molecule has 26 heavy (non-hydrogen) atoms. The third-order valence-electron chi connectivity index (χ3n) is 2.33. The number of halogens is 11. The van der Waals surface area contributed by atoms with Gasteiger partial charge in [0.25, 0.3) is 0 Å². The third kappa shape index (κ3) is 5.31. The van der Waals surface area contributed by atoms with Crippen molar-refractivity contribution >= 4 is 42.1 Å². The molecule has 0 amide bonds. The van der Waals surface area contributed by atoms with Gasteiger partial charge in [-0.25, -0.2) is 0 Å². The van der Waals surface area contributed by atoms with Crippen molar-refractivity contribution in [2.24, 2.45) is 0 Å². The summed E-state index contributed by atoms with van der Waals surface area (Å²) in [5.41, 5.74) is 0. The first-order valence-electron chi connectivity index (χ1n) is 5.64. The van der Waals surface area contributed by atoms with Crippen LogP contribution in [-0.4, -0.2) is 30.3 Å². The van der Waals surface area contributed by atoms with E-state index in [9.17, 15) is 47.4 Å². The molecule has 0 fully saturated rings. The van der Waals surface area contributed by atoms with Gasteiger partial charge in [-0.2, -0.15) is 43.5 Å². The zero-order valence-corrected chi connectivity index (χ0v) is 15.4. The van der Waals surface area contributed by atoms with Crippen LogP contribution in [0.4, 0.5) is 39.0 Å². The summed E-state index contributed by atoms with van der Waals surface area (Å²) in [7, 11) is -5.63. The molecule has 0 aliphatic heterocycles. The van der Waals surface area contributed by atoms with Crippen molar-refractivity contribution in [3.05, 3.63) is 18.2 Å². The molecule has 0 aliphatic rings. The highest BCUT2D eigenvalue weighted by Crippen LogP contribution is 2.46. The first-order valence-corrected chi connectivity index (χ1v) is 8.61.